The number of piperidine rings is 1. The third kappa shape index (κ3) is 5.97. The van der Waals surface area contributed by atoms with E-state index < -0.39 is 0 Å². The molecule has 0 saturated carbocycles. The number of ether oxygens (including phenoxy) is 1. The third-order valence-electron chi connectivity index (χ3n) is 7.55. The summed E-state index contributed by atoms with van der Waals surface area (Å²) >= 11 is 0. The third-order valence-corrected chi connectivity index (χ3v) is 7.55. The van der Waals surface area contributed by atoms with Crippen LogP contribution in [0.1, 0.15) is 68.1 Å². The summed E-state index contributed by atoms with van der Waals surface area (Å²) in [5.74, 6) is 1.67. The SMILES string of the molecule is CCCCN1CCOc2ccccc2CCCCC2(CCN(C(=O)c3nccn3C)CC2)C1. The number of likely N-dealkylation sites (tertiary alicyclic amines) is 1. The second kappa shape index (κ2) is 11.2. The monoisotopic (exact) mass is 452 g/mol. The molecule has 1 fully saturated rings. The summed E-state index contributed by atoms with van der Waals surface area (Å²) in [7, 11) is 1.89. The number of unbranched alkanes of at least 4 members (excludes halogenated alkanes) is 1. The molecule has 33 heavy (non-hydrogen) atoms. The van der Waals surface area contributed by atoms with E-state index in [-0.39, 0.29) is 11.3 Å². The second-order valence-corrected chi connectivity index (χ2v) is 9.95. The fraction of sp³-hybridized carbons (Fsp3) is 0.630. The summed E-state index contributed by atoms with van der Waals surface area (Å²) in [4.78, 5) is 21.9. The standard InChI is InChI=1S/C27H40N4O2/c1-3-4-16-30-20-21-33-24-11-6-5-9-23(24)10-7-8-12-27(22-30)13-17-31(18-14-27)26(32)25-28-15-19-29(25)2/h5-6,9,11,15,19H,3-4,7-8,10,12-14,16-18,20-22H2,1-2H3. The van der Waals surface area contributed by atoms with Crippen molar-refractivity contribution in [3.05, 3.63) is 48.0 Å². The molecule has 2 aliphatic rings. The zero-order valence-corrected chi connectivity index (χ0v) is 20.5. The van der Waals surface area contributed by atoms with Gasteiger partial charge in [0.05, 0.1) is 0 Å². The summed E-state index contributed by atoms with van der Waals surface area (Å²) in [6.07, 6.45) is 12.9. The van der Waals surface area contributed by atoms with E-state index in [0.717, 1.165) is 64.3 Å². The van der Waals surface area contributed by atoms with Gasteiger partial charge in [0, 0.05) is 45.6 Å². The molecular formula is C27H40N4O2. The molecule has 4 rings (SSSR count). The molecule has 0 N–H and O–H groups in total. The number of imidazole rings is 1. The number of benzene rings is 1. The highest BCUT2D eigenvalue weighted by Gasteiger charge is 2.37. The fourth-order valence-electron chi connectivity index (χ4n) is 5.46. The molecule has 3 heterocycles. The molecule has 0 unspecified atom stereocenters. The van der Waals surface area contributed by atoms with Gasteiger partial charge in [-0.15, -0.1) is 0 Å². The summed E-state index contributed by atoms with van der Waals surface area (Å²) in [5.41, 5.74) is 1.62. The molecule has 0 aliphatic carbocycles. The Morgan fingerprint density at radius 2 is 1.94 bits per heavy atom. The Hall–Kier alpha value is -2.34. The molecule has 1 amide bonds. The number of aryl methyl sites for hydroxylation is 2. The molecular weight excluding hydrogens is 412 g/mol. The maximum atomic E-state index is 13.0. The van der Waals surface area contributed by atoms with Crippen LogP contribution in [0.5, 0.6) is 5.75 Å². The Kier molecular flexibility index (Phi) is 8.07. The van der Waals surface area contributed by atoms with Crippen molar-refractivity contribution >= 4 is 5.91 Å². The van der Waals surface area contributed by atoms with E-state index in [2.05, 4.69) is 41.1 Å². The maximum Gasteiger partial charge on any atom is 0.289 e. The minimum Gasteiger partial charge on any atom is -0.492 e. The number of rotatable bonds is 4. The average molecular weight is 453 g/mol. The topological polar surface area (TPSA) is 50.6 Å². The lowest BCUT2D eigenvalue weighted by Gasteiger charge is -2.45. The van der Waals surface area contributed by atoms with E-state index in [1.807, 2.05) is 22.7 Å². The number of amides is 1. The van der Waals surface area contributed by atoms with Gasteiger partial charge in [0.25, 0.3) is 5.91 Å². The van der Waals surface area contributed by atoms with Gasteiger partial charge in [-0.3, -0.25) is 9.69 Å². The van der Waals surface area contributed by atoms with Gasteiger partial charge in [-0.1, -0.05) is 38.0 Å². The summed E-state index contributed by atoms with van der Waals surface area (Å²) in [6, 6.07) is 8.53. The van der Waals surface area contributed by atoms with E-state index in [1.54, 1.807) is 6.20 Å². The van der Waals surface area contributed by atoms with Crippen molar-refractivity contribution in [3.63, 3.8) is 0 Å². The first-order chi connectivity index (χ1) is 16.1. The molecule has 6 heteroatoms. The van der Waals surface area contributed by atoms with Crippen LogP contribution in [0, 0.1) is 5.41 Å². The fourth-order valence-corrected chi connectivity index (χ4v) is 5.46. The highest BCUT2D eigenvalue weighted by Crippen LogP contribution is 2.38. The number of hydrogen-bond donors (Lipinski definition) is 0. The number of nitrogens with zero attached hydrogens (tertiary/aromatic N) is 4. The molecule has 180 valence electrons. The highest BCUT2D eigenvalue weighted by molar-refractivity contribution is 5.90. The lowest BCUT2D eigenvalue weighted by atomic mass is 9.73. The zero-order valence-electron chi connectivity index (χ0n) is 20.5. The molecule has 2 aliphatic heterocycles. The van der Waals surface area contributed by atoms with Crippen molar-refractivity contribution in [3.8, 4) is 5.75 Å². The predicted molar refractivity (Wildman–Crippen MR) is 132 cm³/mol. The Labute approximate surface area is 198 Å². The Morgan fingerprint density at radius 3 is 2.70 bits per heavy atom. The van der Waals surface area contributed by atoms with Crippen molar-refractivity contribution in [1.82, 2.24) is 19.4 Å². The number of aromatic nitrogens is 2. The van der Waals surface area contributed by atoms with Crippen LogP contribution in [-0.2, 0) is 13.5 Å². The summed E-state index contributed by atoms with van der Waals surface area (Å²) in [6.45, 7) is 7.86. The maximum absolute atomic E-state index is 13.0. The predicted octanol–water partition coefficient (Wildman–Crippen LogP) is 4.55. The van der Waals surface area contributed by atoms with Crippen LogP contribution >= 0.6 is 0 Å². The van der Waals surface area contributed by atoms with Crippen LogP contribution in [0.15, 0.2) is 36.7 Å². The molecule has 0 atom stereocenters. The molecule has 1 saturated heterocycles. The number of carbonyl (C=O) groups excluding carboxylic acids is 1. The van der Waals surface area contributed by atoms with Crippen LogP contribution in [0.25, 0.3) is 0 Å². The van der Waals surface area contributed by atoms with E-state index in [9.17, 15) is 4.79 Å². The van der Waals surface area contributed by atoms with E-state index in [1.165, 1.54) is 37.7 Å². The van der Waals surface area contributed by atoms with Gasteiger partial charge in [-0.2, -0.15) is 0 Å². The van der Waals surface area contributed by atoms with E-state index in [0.29, 0.717) is 5.82 Å². The quantitative estimate of drug-likeness (QED) is 0.683. The molecule has 1 spiro atoms. The average Bonchev–Trinajstić information content (AvgIpc) is 3.26. The lowest BCUT2D eigenvalue weighted by Crippen LogP contribution is -2.49. The van der Waals surface area contributed by atoms with E-state index >= 15 is 0 Å². The van der Waals surface area contributed by atoms with Crippen molar-refractivity contribution < 1.29 is 9.53 Å². The van der Waals surface area contributed by atoms with Gasteiger partial charge >= 0.3 is 0 Å². The Balaban J connectivity index is 1.45. The Bertz CT molecular complexity index is 901. The Morgan fingerprint density at radius 1 is 1.12 bits per heavy atom. The lowest BCUT2D eigenvalue weighted by molar-refractivity contribution is 0.0365. The van der Waals surface area contributed by atoms with Crippen molar-refractivity contribution in [2.24, 2.45) is 12.5 Å². The summed E-state index contributed by atoms with van der Waals surface area (Å²) < 4.78 is 8.07. The normalized spacial score (nSPS) is 19.9. The molecule has 6 nitrogen and oxygen atoms in total. The van der Waals surface area contributed by atoms with Crippen LogP contribution in [0.4, 0.5) is 0 Å². The largest absolute Gasteiger partial charge is 0.492 e. The minimum absolute atomic E-state index is 0.0679. The smallest absolute Gasteiger partial charge is 0.289 e. The number of para-hydroxylation sites is 1. The molecule has 0 bridgehead atoms. The van der Waals surface area contributed by atoms with Crippen LogP contribution < -0.4 is 4.74 Å². The number of carbonyl (C=O) groups is 1. The number of fused-ring (bicyclic) bond motifs is 1. The first-order valence-corrected chi connectivity index (χ1v) is 12.8. The van der Waals surface area contributed by atoms with Crippen LogP contribution in [0.2, 0.25) is 0 Å². The molecule has 2 aromatic rings. The first-order valence-electron chi connectivity index (χ1n) is 12.8. The summed E-state index contributed by atoms with van der Waals surface area (Å²) in [5, 5.41) is 0. The van der Waals surface area contributed by atoms with Crippen molar-refractivity contribution in [2.75, 3.05) is 39.3 Å². The molecule has 0 radical (unpaired) electrons. The molecule has 1 aromatic carbocycles. The van der Waals surface area contributed by atoms with Crippen LogP contribution in [0.3, 0.4) is 0 Å². The number of hydrogen-bond acceptors (Lipinski definition) is 4. The van der Waals surface area contributed by atoms with Gasteiger partial charge in [-0.25, -0.2) is 4.98 Å². The van der Waals surface area contributed by atoms with E-state index in [4.69, 9.17) is 4.74 Å². The van der Waals surface area contributed by atoms with Crippen LogP contribution in [-0.4, -0.2) is 64.6 Å². The van der Waals surface area contributed by atoms with Gasteiger partial charge in [-0.05, 0) is 62.1 Å². The van der Waals surface area contributed by atoms with Gasteiger partial charge in [0.1, 0.15) is 12.4 Å². The second-order valence-electron chi connectivity index (χ2n) is 9.95. The van der Waals surface area contributed by atoms with Gasteiger partial charge < -0.3 is 14.2 Å². The van der Waals surface area contributed by atoms with Crippen molar-refractivity contribution in [2.45, 2.75) is 58.3 Å². The molecule has 1 aromatic heterocycles. The van der Waals surface area contributed by atoms with Gasteiger partial charge in [0.15, 0.2) is 5.82 Å². The van der Waals surface area contributed by atoms with Gasteiger partial charge in [0.2, 0.25) is 0 Å². The van der Waals surface area contributed by atoms with Crippen molar-refractivity contribution in [1.29, 1.82) is 0 Å². The minimum atomic E-state index is 0.0679. The first kappa shape index (κ1) is 23.8. The highest BCUT2D eigenvalue weighted by atomic mass is 16.5. The zero-order chi connectivity index (χ0) is 23.1.